The molecule has 1 heterocycles. The highest BCUT2D eigenvalue weighted by atomic mass is 16.3. The number of hydrogen-bond acceptors (Lipinski definition) is 4. The molecule has 0 saturated heterocycles. The summed E-state index contributed by atoms with van der Waals surface area (Å²) in [6.07, 6.45) is 7.67. The summed E-state index contributed by atoms with van der Waals surface area (Å²) < 4.78 is 0. The number of rotatable bonds is 3. The van der Waals surface area contributed by atoms with Crippen LogP contribution in [-0.2, 0) is 0 Å². The van der Waals surface area contributed by atoms with Gasteiger partial charge in [0.15, 0.2) is 0 Å². The van der Waals surface area contributed by atoms with Gasteiger partial charge in [0, 0.05) is 12.7 Å². The lowest BCUT2D eigenvalue weighted by atomic mass is 9.85. The highest BCUT2D eigenvalue weighted by molar-refractivity contribution is 5.94. The van der Waals surface area contributed by atoms with Crippen molar-refractivity contribution in [3.05, 3.63) is 23.8 Å². The number of aromatic nitrogens is 2. The fourth-order valence-corrected chi connectivity index (χ4v) is 2.34. The third-order valence-electron chi connectivity index (χ3n) is 3.52. The van der Waals surface area contributed by atoms with Crippen LogP contribution in [0.4, 0.5) is 0 Å². The molecule has 18 heavy (non-hydrogen) atoms. The van der Waals surface area contributed by atoms with Crippen LogP contribution in [0.2, 0.25) is 0 Å². The topological polar surface area (TPSA) is 75.1 Å². The number of amides is 1. The van der Waals surface area contributed by atoms with Gasteiger partial charge in [-0.05, 0) is 19.8 Å². The Labute approximate surface area is 107 Å². The maximum atomic E-state index is 11.9. The highest BCUT2D eigenvalue weighted by Gasteiger charge is 2.29. The fourth-order valence-electron chi connectivity index (χ4n) is 2.34. The predicted molar refractivity (Wildman–Crippen MR) is 67.1 cm³/mol. The zero-order valence-corrected chi connectivity index (χ0v) is 10.6. The number of carbonyl (C=O) groups excluding carboxylic acids is 1. The van der Waals surface area contributed by atoms with Crippen molar-refractivity contribution in [2.75, 3.05) is 6.54 Å². The largest absolute Gasteiger partial charge is 0.388 e. The van der Waals surface area contributed by atoms with Crippen molar-refractivity contribution in [3.8, 4) is 0 Å². The molecule has 1 amide bonds. The molecule has 0 aromatic carbocycles. The number of aliphatic hydroxyl groups is 1. The van der Waals surface area contributed by atoms with E-state index in [4.69, 9.17) is 0 Å². The Morgan fingerprint density at radius 3 is 2.83 bits per heavy atom. The van der Waals surface area contributed by atoms with E-state index in [2.05, 4.69) is 15.3 Å². The maximum absolute atomic E-state index is 11.9. The second kappa shape index (κ2) is 5.44. The molecule has 1 fully saturated rings. The molecule has 1 aliphatic rings. The minimum atomic E-state index is -0.739. The van der Waals surface area contributed by atoms with Crippen LogP contribution in [0.1, 0.15) is 48.2 Å². The van der Waals surface area contributed by atoms with E-state index in [-0.39, 0.29) is 5.91 Å². The number of nitrogens with one attached hydrogen (secondary N) is 1. The molecule has 0 atom stereocenters. The smallest absolute Gasteiger partial charge is 0.254 e. The van der Waals surface area contributed by atoms with Gasteiger partial charge < -0.3 is 10.4 Å². The zero-order chi connectivity index (χ0) is 13.0. The molecule has 1 saturated carbocycles. The van der Waals surface area contributed by atoms with Gasteiger partial charge >= 0.3 is 0 Å². The van der Waals surface area contributed by atoms with Crippen LogP contribution in [0.15, 0.2) is 12.5 Å². The van der Waals surface area contributed by atoms with Crippen LogP contribution in [0.5, 0.6) is 0 Å². The predicted octanol–water partition coefficient (Wildman–Crippen LogP) is 1.21. The van der Waals surface area contributed by atoms with Crippen molar-refractivity contribution in [1.29, 1.82) is 0 Å². The normalized spacial score (nSPS) is 18.3. The van der Waals surface area contributed by atoms with Crippen LogP contribution in [0.25, 0.3) is 0 Å². The van der Waals surface area contributed by atoms with Crippen LogP contribution in [0.3, 0.4) is 0 Å². The monoisotopic (exact) mass is 249 g/mol. The summed E-state index contributed by atoms with van der Waals surface area (Å²) in [5, 5.41) is 13.1. The van der Waals surface area contributed by atoms with E-state index >= 15 is 0 Å². The van der Waals surface area contributed by atoms with Gasteiger partial charge in [0.05, 0.1) is 16.9 Å². The maximum Gasteiger partial charge on any atom is 0.254 e. The Balaban J connectivity index is 1.94. The van der Waals surface area contributed by atoms with Gasteiger partial charge in [-0.15, -0.1) is 0 Å². The zero-order valence-electron chi connectivity index (χ0n) is 10.6. The second-order valence-electron chi connectivity index (χ2n) is 4.99. The summed E-state index contributed by atoms with van der Waals surface area (Å²) in [5.74, 6) is -0.216. The molecule has 5 nitrogen and oxygen atoms in total. The molecular formula is C13H19N3O2. The summed E-state index contributed by atoms with van der Waals surface area (Å²) in [6, 6.07) is 0. The summed E-state index contributed by atoms with van der Waals surface area (Å²) >= 11 is 0. The Bertz CT molecular complexity index is 428. The molecule has 0 radical (unpaired) electrons. The lowest BCUT2D eigenvalue weighted by Gasteiger charge is -2.32. The van der Waals surface area contributed by atoms with Gasteiger partial charge in [-0.25, -0.2) is 9.97 Å². The van der Waals surface area contributed by atoms with Crippen LogP contribution < -0.4 is 5.32 Å². The van der Waals surface area contributed by atoms with Crippen molar-refractivity contribution in [3.63, 3.8) is 0 Å². The standard InChI is InChI=1S/C13H19N3O2/c1-10-11(7-14-9-16-10)12(17)15-8-13(18)5-3-2-4-6-13/h7,9,18H,2-6,8H2,1H3,(H,15,17). The average molecular weight is 249 g/mol. The molecule has 2 N–H and O–H groups in total. The molecule has 1 aromatic rings. The van der Waals surface area contributed by atoms with Crippen molar-refractivity contribution in [2.24, 2.45) is 0 Å². The summed E-state index contributed by atoms with van der Waals surface area (Å²) in [4.78, 5) is 19.8. The first-order chi connectivity index (χ1) is 8.61. The fraction of sp³-hybridized carbons (Fsp3) is 0.615. The van der Waals surface area contributed by atoms with Gasteiger partial charge in [-0.1, -0.05) is 19.3 Å². The van der Waals surface area contributed by atoms with Crippen LogP contribution in [0, 0.1) is 6.92 Å². The first kappa shape index (κ1) is 13.0. The first-order valence-electron chi connectivity index (χ1n) is 6.38. The Kier molecular flexibility index (Phi) is 3.91. The Morgan fingerprint density at radius 1 is 1.44 bits per heavy atom. The van der Waals surface area contributed by atoms with Gasteiger partial charge in [0.25, 0.3) is 5.91 Å². The molecule has 0 bridgehead atoms. The van der Waals surface area contributed by atoms with Gasteiger partial charge in [0.2, 0.25) is 0 Å². The van der Waals surface area contributed by atoms with Crippen LogP contribution in [-0.4, -0.2) is 33.1 Å². The molecule has 2 rings (SSSR count). The number of nitrogens with zero attached hydrogens (tertiary/aromatic N) is 2. The van der Waals surface area contributed by atoms with E-state index in [0.29, 0.717) is 17.8 Å². The summed E-state index contributed by atoms with van der Waals surface area (Å²) in [6.45, 7) is 2.08. The lowest BCUT2D eigenvalue weighted by Crippen LogP contribution is -2.44. The average Bonchev–Trinajstić information content (AvgIpc) is 2.38. The molecule has 0 unspecified atom stereocenters. The van der Waals surface area contributed by atoms with Gasteiger partial charge in [0.1, 0.15) is 6.33 Å². The summed E-state index contributed by atoms with van der Waals surface area (Å²) in [5.41, 5.74) is 0.382. The highest BCUT2D eigenvalue weighted by Crippen LogP contribution is 2.27. The quantitative estimate of drug-likeness (QED) is 0.844. The molecule has 1 aliphatic carbocycles. The molecule has 5 heteroatoms. The van der Waals surface area contributed by atoms with E-state index in [1.165, 1.54) is 18.9 Å². The van der Waals surface area contributed by atoms with E-state index in [1.54, 1.807) is 6.92 Å². The van der Waals surface area contributed by atoms with E-state index in [1.807, 2.05) is 0 Å². The third-order valence-corrected chi connectivity index (χ3v) is 3.52. The van der Waals surface area contributed by atoms with E-state index < -0.39 is 5.60 Å². The van der Waals surface area contributed by atoms with Crippen molar-refractivity contribution >= 4 is 5.91 Å². The van der Waals surface area contributed by atoms with Crippen LogP contribution >= 0.6 is 0 Å². The Morgan fingerprint density at radius 2 is 2.17 bits per heavy atom. The Hall–Kier alpha value is -1.49. The van der Waals surface area contributed by atoms with Crippen molar-refractivity contribution in [2.45, 2.75) is 44.6 Å². The SMILES string of the molecule is Cc1ncncc1C(=O)NCC1(O)CCCCC1. The molecule has 1 aromatic heterocycles. The van der Waals surface area contributed by atoms with E-state index in [0.717, 1.165) is 25.7 Å². The number of hydrogen-bond donors (Lipinski definition) is 2. The molecule has 0 aliphatic heterocycles. The summed E-state index contributed by atoms with van der Waals surface area (Å²) in [7, 11) is 0. The minimum Gasteiger partial charge on any atom is -0.388 e. The van der Waals surface area contributed by atoms with Crippen molar-refractivity contribution in [1.82, 2.24) is 15.3 Å². The van der Waals surface area contributed by atoms with Gasteiger partial charge in [-0.2, -0.15) is 0 Å². The third kappa shape index (κ3) is 3.04. The molecule has 98 valence electrons. The minimum absolute atomic E-state index is 0.216. The van der Waals surface area contributed by atoms with Gasteiger partial charge in [-0.3, -0.25) is 4.79 Å². The molecular weight excluding hydrogens is 230 g/mol. The second-order valence-corrected chi connectivity index (χ2v) is 4.99. The molecule has 0 spiro atoms. The van der Waals surface area contributed by atoms with Crippen molar-refractivity contribution < 1.29 is 9.90 Å². The number of aryl methyl sites for hydroxylation is 1. The van der Waals surface area contributed by atoms with E-state index in [9.17, 15) is 9.90 Å². The lowest BCUT2D eigenvalue weighted by molar-refractivity contribution is 0.00524. The number of carbonyl (C=O) groups is 1. The first-order valence-corrected chi connectivity index (χ1v) is 6.38.